The summed E-state index contributed by atoms with van der Waals surface area (Å²) >= 11 is 0. The molecule has 0 radical (unpaired) electrons. The number of carbonyl (C=O) groups excluding carboxylic acids is 2. The van der Waals surface area contributed by atoms with E-state index in [1.807, 2.05) is 0 Å². The number of likely N-dealkylation sites (tertiary alicyclic amines) is 1. The predicted octanol–water partition coefficient (Wildman–Crippen LogP) is 3.51. The fraction of sp³-hybridized carbons (Fsp3) is 0.524. The zero-order valence-corrected chi connectivity index (χ0v) is 15.8. The van der Waals surface area contributed by atoms with E-state index in [1.165, 1.54) is 22.3 Å². The maximum Gasteiger partial charge on any atom is 0.306 e. The van der Waals surface area contributed by atoms with Crippen molar-refractivity contribution in [2.24, 2.45) is 5.92 Å². The maximum atomic E-state index is 12.1. The van der Waals surface area contributed by atoms with Crippen molar-refractivity contribution >= 4 is 11.8 Å². The normalized spacial score (nSPS) is 20.5. The molecule has 0 N–H and O–H groups in total. The number of carbonyl (C=O) groups is 2. The number of hydrogen-bond acceptors (Lipinski definition) is 4. The molecule has 0 unspecified atom stereocenters. The Morgan fingerprint density at radius 2 is 1.92 bits per heavy atom. The van der Waals surface area contributed by atoms with Gasteiger partial charge in [-0.05, 0) is 56.7 Å². The van der Waals surface area contributed by atoms with E-state index in [0.29, 0.717) is 6.42 Å². The molecule has 1 aliphatic rings. The number of ketones is 1. The number of Topliss-reactive ketones (excluding diaryl/α,β-unsaturated/α-hetero) is 1. The van der Waals surface area contributed by atoms with Crippen LogP contribution in [0, 0.1) is 26.7 Å². The lowest BCUT2D eigenvalue weighted by atomic mass is 9.99. The Kier molecular flexibility index (Phi) is 6.54. The minimum absolute atomic E-state index is 0.114. The molecule has 0 saturated carbocycles. The first kappa shape index (κ1) is 19.4. The van der Waals surface area contributed by atoms with Crippen LogP contribution in [0.25, 0.3) is 0 Å². The lowest BCUT2D eigenvalue weighted by Crippen LogP contribution is -2.34. The first-order valence-electron chi connectivity index (χ1n) is 8.89. The Morgan fingerprint density at radius 1 is 1.28 bits per heavy atom. The number of esters is 1. The van der Waals surface area contributed by atoms with Gasteiger partial charge >= 0.3 is 5.97 Å². The fourth-order valence-corrected chi connectivity index (χ4v) is 3.85. The van der Waals surface area contributed by atoms with Crippen molar-refractivity contribution in [2.75, 3.05) is 13.2 Å². The quantitative estimate of drug-likeness (QED) is 0.561. The highest BCUT2D eigenvalue weighted by atomic mass is 16.5. The lowest BCUT2D eigenvalue weighted by molar-refractivity contribution is -0.143. The van der Waals surface area contributed by atoms with Crippen LogP contribution < -0.4 is 0 Å². The van der Waals surface area contributed by atoms with E-state index in [4.69, 9.17) is 4.74 Å². The second-order valence-electron chi connectivity index (χ2n) is 7.21. The van der Waals surface area contributed by atoms with Crippen LogP contribution in [0.4, 0.5) is 0 Å². The van der Waals surface area contributed by atoms with Crippen molar-refractivity contribution in [3.63, 3.8) is 0 Å². The largest absolute Gasteiger partial charge is 0.461 e. The molecule has 1 fully saturated rings. The zero-order valence-electron chi connectivity index (χ0n) is 15.8. The van der Waals surface area contributed by atoms with Crippen molar-refractivity contribution in [1.29, 1.82) is 0 Å². The molecule has 136 valence electrons. The van der Waals surface area contributed by atoms with Gasteiger partial charge in [-0.25, -0.2) is 0 Å². The van der Waals surface area contributed by atoms with E-state index in [9.17, 15) is 9.59 Å². The molecular weight excluding hydrogens is 314 g/mol. The van der Waals surface area contributed by atoms with E-state index in [2.05, 4.69) is 44.4 Å². The van der Waals surface area contributed by atoms with E-state index >= 15 is 0 Å². The van der Waals surface area contributed by atoms with Crippen molar-refractivity contribution in [3.8, 4) is 0 Å². The second kappa shape index (κ2) is 8.43. The summed E-state index contributed by atoms with van der Waals surface area (Å²) in [6.07, 6.45) is 2.66. The average molecular weight is 343 g/mol. The van der Waals surface area contributed by atoms with Crippen LogP contribution in [0.5, 0.6) is 0 Å². The summed E-state index contributed by atoms with van der Waals surface area (Å²) in [4.78, 5) is 26.2. The molecule has 0 aromatic heterocycles. The summed E-state index contributed by atoms with van der Waals surface area (Å²) in [6, 6.07) is 4.26. The third-order valence-corrected chi connectivity index (χ3v) is 4.98. The molecule has 0 spiro atoms. The number of nitrogens with zero attached hydrogens (tertiary/aromatic N) is 1. The third kappa shape index (κ3) is 5.02. The van der Waals surface area contributed by atoms with Crippen LogP contribution >= 0.6 is 0 Å². The van der Waals surface area contributed by atoms with Gasteiger partial charge in [0.1, 0.15) is 12.4 Å². The van der Waals surface area contributed by atoms with Crippen molar-refractivity contribution in [1.82, 2.24) is 4.90 Å². The zero-order chi connectivity index (χ0) is 18.6. The van der Waals surface area contributed by atoms with Crippen LogP contribution in [0.1, 0.15) is 42.0 Å². The van der Waals surface area contributed by atoms with E-state index in [-0.39, 0.29) is 30.3 Å². The van der Waals surface area contributed by atoms with Gasteiger partial charge in [-0.15, -0.1) is 0 Å². The number of ether oxygens (including phenoxy) is 1. The van der Waals surface area contributed by atoms with Crippen molar-refractivity contribution < 1.29 is 14.3 Å². The Labute approximate surface area is 150 Å². The molecule has 25 heavy (non-hydrogen) atoms. The number of hydrogen-bond donors (Lipinski definition) is 0. The van der Waals surface area contributed by atoms with Crippen LogP contribution in [0.2, 0.25) is 0 Å². The Hall–Kier alpha value is -1.94. The Morgan fingerprint density at radius 3 is 2.48 bits per heavy atom. The molecule has 1 heterocycles. The van der Waals surface area contributed by atoms with Crippen molar-refractivity contribution in [3.05, 3.63) is 47.0 Å². The third-order valence-electron chi connectivity index (χ3n) is 4.98. The molecule has 4 heteroatoms. The highest BCUT2D eigenvalue weighted by Crippen LogP contribution is 2.30. The van der Waals surface area contributed by atoms with E-state index in [0.717, 1.165) is 19.5 Å². The van der Waals surface area contributed by atoms with Gasteiger partial charge in [-0.3, -0.25) is 14.5 Å². The standard InChI is InChI=1S/C21H29NO3/c1-6-7-25-21(24)11-18-10-20(17(5)23)22(12-18)13-19-15(3)8-14(2)9-16(19)4/h6,8-9,18,20H,1,7,10-13H2,2-5H3/t18-,20+/m1/s1. The summed E-state index contributed by atoms with van der Waals surface area (Å²) in [5.74, 6) is 0.124. The van der Waals surface area contributed by atoms with Gasteiger partial charge in [0.2, 0.25) is 0 Å². The topological polar surface area (TPSA) is 46.6 Å². The smallest absolute Gasteiger partial charge is 0.306 e. The van der Waals surface area contributed by atoms with Crippen LogP contribution in [0.15, 0.2) is 24.8 Å². The molecule has 1 saturated heterocycles. The molecule has 1 aliphatic heterocycles. The molecule has 1 aromatic carbocycles. The summed E-state index contributed by atoms with van der Waals surface area (Å²) in [5, 5.41) is 0. The number of benzene rings is 1. The Balaban J connectivity index is 2.10. The first-order chi connectivity index (χ1) is 11.8. The molecule has 1 aromatic rings. The molecule has 0 bridgehead atoms. The van der Waals surface area contributed by atoms with Gasteiger partial charge in [-0.2, -0.15) is 0 Å². The summed E-state index contributed by atoms with van der Waals surface area (Å²) in [6.45, 7) is 13.3. The summed E-state index contributed by atoms with van der Waals surface area (Å²) in [5.41, 5.74) is 5.06. The minimum Gasteiger partial charge on any atom is -0.461 e. The van der Waals surface area contributed by atoms with Gasteiger partial charge in [0.25, 0.3) is 0 Å². The monoisotopic (exact) mass is 343 g/mol. The SMILES string of the molecule is C=CCOC(=O)C[C@H]1C[C@@H](C(C)=O)N(Cc2c(C)cc(C)cc2C)C1. The van der Waals surface area contributed by atoms with E-state index < -0.39 is 0 Å². The summed E-state index contributed by atoms with van der Waals surface area (Å²) < 4.78 is 5.09. The van der Waals surface area contributed by atoms with Gasteiger partial charge in [0.15, 0.2) is 0 Å². The molecular formula is C21H29NO3. The predicted molar refractivity (Wildman–Crippen MR) is 99.4 cm³/mol. The molecule has 0 amide bonds. The first-order valence-corrected chi connectivity index (χ1v) is 8.89. The fourth-order valence-electron chi connectivity index (χ4n) is 3.85. The Bertz CT molecular complexity index is 642. The number of aryl methyl sites for hydroxylation is 3. The second-order valence-corrected chi connectivity index (χ2v) is 7.21. The van der Waals surface area contributed by atoms with Crippen LogP contribution in [0.3, 0.4) is 0 Å². The molecule has 4 nitrogen and oxygen atoms in total. The van der Waals surface area contributed by atoms with E-state index in [1.54, 1.807) is 13.0 Å². The molecule has 0 aliphatic carbocycles. The van der Waals surface area contributed by atoms with Crippen LogP contribution in [-0.4, -0.2) is 35.8 Å². The molecule has 2 atom stereocenters. The van der Waals surface area contributed by atoms with Crippen LogP contribution in [-0.2, 0) is 20.9 Å². The summed E-state index contributed by atoms with van der Waals surface area (Å²) in [7, 11) is 0. The molecule has 2 rings (SSSR count). The highest BCUT2D eigenvalue weighted by molar-refractivity contribution is 5.82. The van der Waals surface area contributed by atoms with Gasteiger partial charge < -0.3 is 4.74 Å². The van der Waals surface area contributed by atoms with Gasteiger partial charge in [0, 0.05) is 19.5 Å². The van der Waals surface area contributed by atoms with Gasteiger partial charge in [0.05, 0.1) is 6.04 Å². The lowest BCUT2D eigenvalue weighted by Gasteiger charge is -2.24. The number of rotatable bonds is 7. The van der Waals surface area contributed by atoms with Crippen molar-refractivity contribution in [2.45, 2.75) is 53.1 Å². The van der Waals surface area contributed by atoms with Gasteiger partial charge in [-0.1, -0.05) is 30.4 Å². The highest BCUT2D eigenvalue weighted by Gasteiger charge is 2.36. The average Bonchev–Trinajstić information content (AvgIpc) is 2.91. The minimum atomic E-state index is -0.211. The maximum absolute atomic E-state index is 12.1.